The normalized spacial score (nSPS) is 27.8. The summed E-state index contributed by atoms with van der Waals surface area (Å²) in [7, 11) is -3.59. The quantitative estimate of drug-likeness (QED) is 0.844. The predicted molar refractivity (Wildman–Crippen MR) is 82.0 cm³/mol. The van der Waals surface area contributed by atoms with Crippen LogP contribution in [0, 0.1) is 6.92 Å². The Bertz CT molecular complexity index is 637. The van der Waals surface area contributed by atoms with Crippen molar-refractivity contribution >= 4 is 10.0 Å². The molecule has 124 valence electrons. The number of likely N-dealkylation sites (tertiary alicyclic amines) is 1. The van der Waals surface area contributed by atoms with Crippen LogP contribution < -0.4 is 0 Å². The summed E-state index contributed by atoms with van der Waals surface area (Å²) in [4.78, 5) is 2.46. The third-order valence-electron chi connectivity index (χ3n) is 4.81. The molecular formula is C14H24N4O3S. The Labute approximate surface area is 131 Å². The molecule has 2 atom stereocenters. The maximum atomic E-state index is 12.8. The number of β-amino-alcohol motifs (C(OH)–C–C–N with tert-alkyl or cyclic N) is 1. The average Bonchev–Trinajstić information content (AvgIpc) is 3.17. The summed E-state index contributed by atoms with van der Waals surface area (Å²) in [6, 6.07) is -0.0844. The Morgan fingerprint density at radius 2 is 2.00 bits per heavy atom. The number of hydrogen-bond donors (Lipinski definition) is 1. The monoisotopic (exact) mass is 328 g/mol. The van der Waals surface area contributed by atoms with E-state index in [9.17, 15) is 13.5 Å². The van der Waals surface area contributed by atoms with Gasteiger partial charge in [0.15, 0.2) is 0 Å². The van der Waals surface area contributed by atoms with Crippen LogP contribution in [0.25, 0.3) is 0 Å². The summed E-state index contributed by atoms with van der Waals surface area (Å²) >= 11 is 0. The molecule has 0 bridgehead atoms. The summed E-state index contributed by atoms with van der Waals surface area (Å²) in [5.41, 5.74) is 0.654. The van der Waals surface area contributed by atoms with Gasteiger partial charge in [-0.15, -0.1) is 0 Å². The molecule has 2 aliphatic heterocycles. The lowest BCUT2D eigenvalue weighted by Gasteiger charge is -2.25. The second kappa shape index (κ2) is 5.92. The fraction of sp³-hybridized carbons (Fsp3) is 0.786. The number of rotatable bonds is 4. The molecule has 0 spiro atoms. The number of aliphatic hydroxyl groups excluding tert-OH is 1. The van der Waals surface area contributed by atoms with Crippen LogP contribution in [0.4, 0.5) is 0 Å². The minimum atomic E-state index is -3.59. The van der Waals surface area contributed by atoms with Crippen molar-refractivity contribution in [3.8, 4) is 0 Å². The summed E-state index contributed by atoms with van der Waals surface area (Å²) in [5.74, 6) is 0. The molecule has 1 N–H and O–H groups in total. The number of hydrogen-bond acceptors (Lipinski definition) is 5. The number of aliphatic hydroxyl groups is 1. The van der Waals surface area contributed by atoms with E-state index in [1.54, 1.807) is 11.6 Å². The van der Waals surface area contributed by atoms with Gasteiger partial charge in [0.05, 0.1) is 24.0 Å². The van der Waals surface area contributed by atoms with E-state index in [1.165, 1.54) is 10.5 Å². The third kappa shape index (κ3) is 2.58. The number of aromatic nitrogens is 2. The molecule has 8 heteroatoms. The lowest BCUT2D eigenvalue weighted by molar-refractivity contribution is 0.0983. The topological polar surface area (TPSA) is 78.7 Å². The highest BCUT2D eigenvalue weighted by Crippen LogP contribution is 2.27. The van der Waals surface area contributed by atoms with Gasteiger partial charge in [-0.3, -0.25) is 9.58 Å². The zero-order valence-electron chi connectivity index (χ0n) is 13.1. The van der Waals surface area contributed by atoms with Gasteiger partial charge in [0.25, 0.3) is 0 Å². The second-order valence-electron chi connectivity index (χ2n) is 6.11. The van der Waals surface area contributed by atoms with Crippen LogP contribution in [0.15, 0.2) is 11.1 Å². The van der Waals surface area contributed by atoms with E-state index in [2.05, 4.69) is 10.00 Å². The fourth-order valence-corrected chi connectivity index (χ4v) is 5.14. The summed E-state index contributed by atoms with van der Waals surface area (Å²) < 4.78 is 28.8. The molecule has 2 saturated heterocycles. The third-order valence-corrected chi connectivity index (χ3v) is 6.75. The minimum absolute atomic E-state index is 0.0844. The minimum Gasteiger partial charge on any atom is -0.390 e. The van der Waals surface area contributed by atoms with Crippen LogP contribution in [0.3, 0.4) is 0 Å². The summed E-state index contributed by atoms with van der Waals surface area (Å²) in [6.07, 6.45) is 3.05. The Kier molecular flexibility index (Phi) is 4.28. The number of nitrogens with zero attached hydrogens (tertiary/aromatic N) is 4. The Morgan fingerprint density at radius 3 is 2.59 bits per heavy atom. The van der Waals surface area contributed by atoms with Crippen molar-refractivity contribution in [2.24, 2.45) is 0 Å². The standard InChI is InChI=1S/C14H24N4O3S/c1-3-18-11(2)14(8-15-18)22(20,21)17-9-12(13(19)10-17)16-6-4-5-7-16/h8,12-13,19H,3-7,9-10H2,1-2H3/t12-,13-/m1/s1. The van der Waals surface area contributed by atoms with E-state index >= 15 is 0 Å². The summed E-state index contributed by atoms with van der Waals surface area (Å²) in [6.45, 7) is 6.76. The van der Waals surface area contributed by atoms with Crippen molar-refractivity contribution < 1.29 is 13.5 Å². The molecule has 0 unspecified atom stereocenters. The Morgan fingerprint density at radius 1 is 1.32 bits per heavy atom. The van der Waals surface area contributed by atoms with Crippen molar-refractivity contribution in [3.05, 3.63) is 11.9 Å². The van der Waals surface area contributed by atoms with Crippen molar-refractivity contribution in [3.63, 3.8) is 0 Å². The molecule has 1 aromatic heterocycles. The van der Waals surface area contributed by atoms with Crippen molar-refractivity contribution in [2.45, 2.75) is 50.3 Å². The average molecular weight is 328 g/mol. The zero-order chi connectivity index (χ0) is 15.9. The molecule has 1 aromatic rings. The molecule has 3 rings (SSSR count). The molecule has 7 nitrogen and oxygen atoms in total. The van der Waals surface area contributed by atoms with Gasteiger partial charge in [0.2, 0.25) is 10.0 Å². The van der Waals surface area contributed by atoms with E-state index in [0.29, 0.717) is 18.8 Å². The molecule has 2 aliphatic rings. The lowest BCUT2D eigenvalue weighted by Crippen LogP contribution is -2.41. The van der Waals surface area contributed by atoms with Crippen LogP contribution in [-0.4, -0.2) is 70.8 Å². The Balaban J connectivity index is 1.82. The molecule has 22 heavy (non-hydrogen) atoms. The fourth-order valence-electron chi connectivity index (χ4n) is 3.50. The first-order valence-corrected chi connectivity index (χ1v) is 9.34. The van der Waals surface area contributed by atoms with Crippen molar-refractivity contribution in [1.82, 2.24) is 19.0 Å². The number of aryl methyl sites for hydroxylation is 1. The van der Waals surface area contributed by atoms with Crippen LogP contribution in [0.1, 0.15) is 25.5 Å². The van der Waals surface area contributed by atoms with E-state index < -0.39 is 16.1 Å². The van der Waals surface area contributed by atoms with Gasteiger partial charge in [-0.2, -0.15) is 9.40 Å². The van der Waals surface area contributed by atoms with Gasteiger partial charge in [-0.1, -0.05) is 0 Å². The molecule has 0 aliphatic carbocycles. The van der Waals surface area contributed by atoms with Crippen molar-refractivity contribution in [1.29, 1.82) is 0 Å². The zero-order valence-corrected chi connectivity index (χ0v) is 14.0. The largest absolute Gasteiger partial charge is 0.390 e. The van der Waals surface area contributed by atoms with Gasteiger partial charge in [0, 0.05) is 19.6 Å². The van der Waals surface area contributed by atoms with Crippen LogP contribution in [-0.2, 0) is 16.6 Å². The van der Waals surface area contributed by atoms with E-state index in [-0.39, 0.29) is 17.5 Å². The van der Waals surface area contributed by atoms with Crippen LogP contribution in [0.2, 0.25) is 0 Å². The second-order valence-corrected chi connectivity index (χ2v) is 8.02. The lowest BCUT2D eigenvalue weighted by atomic mass is 10.2. The van der Waals surface area contributed by atoms with Gasteiger partial charge >= 0.3 is 0 Å². The first-order chi connectivity index (χ1) is 10.4. The summed E-state index contributed by atoms with van der Waals surface area (Å²) in [5, 5.41) is 14.4. The van der Waals surface area contributed by atoms with Crippen LogP contribution in [0.5, 0.6) is 0 Å². The molecule has 3 heterocycles. The van der Waals surface area contributed by atoms with Crippen molar-refractivity contribution in [2.75, 3.05) is 26.2 Å². The first-order valence-electron chi connectivity index (χ1n) is 7.89. The van der Waals surface area contributed by atoms with Gasteiger partial charge in [0.1, 0.15) is 4.90 Å². The number of sulfonamides is 1. The van der Waals surface area contributed by atoms with Gasteiger partial charge < -0.3 is 5.11 Å². The van der Waals surface area contributed by atoms with Gasteiger partial charge in [-0.25, -0.2) is 8.42 Å². The molecular weight excluding hydrogens is 304 g/mol. The molecule has 0 aromatic carbocycles. The van der Waals surface area contributed by atoms with E-state index in [1.807, 2.05) is 6.92 Å². The maximum Gasteiger partial charge on any atom is 0.246 e. The molecule has 2 fully saturated rings. The van der Waals surface area contributed by atoms with Gasteiger partial charge in [-0.05, 0) is 39.8 Å². The predicted octanol–water partition coefficient (Wildman–Crippen LogP) is 0.0410. The molecule has 0 radical (unpaired) electrons. The van der Waals surface area contributed by atoms with E-state index in [4.69, 9.17) is 0 Å². The Hall–Kier alpha value is -0.960. The molecule has 0 saturated carbocycles. The highest BCUT2D eigenvalue weighted by atomic mass is 32.2. The highest BCUT2D eigenvalue weighted by molar-refractivity contribution is 7.89. The highest BCUT2D eigenvalue weighted by Gasteiger charge is 2.42. The van der Waals surface area contributed by atoms with E-state index in [0.717, 1.165) is 25.9 Å². The maximum absolute atomic E-state index is 12.8. The molecule has 0 amide bonds. The SMILES string of the molecule is CCn1ncc(S(=O)(=O)N2C[C@@H](O)[C@H](N3CCCC3)C2)c1C. The smallest absolute Gasteiger partial charge is 0.246 e. The first kappa shape index (κ1) is 15.9. The van der Waals surface area contributed by atoms with Crippen LogP contribution >= 0.6 is 0 Å².